The molecule has 0 fully saturated rings. The number of nitrogens with zero attached hydrogens (tertiary/aromatic N) is 1. The molecule has 6 heteroatoms. The molecule has 0 aliphatic rings. The van der Waals surface area contributed by atoms with Crippen molar-refractivity contribution in [2.75, 3.05) is 0 Å². The maximum absolute atomic E-state index is 5.47. The van der Waals surface area contributed by atoms with Crippen molar-refractivity contribution in [3.05, 3.63) is 37.6 Å². The molecule has 0 saturated heterocycles. The molecule has 2 aromatic rings. The fourth-order valence-electron chi connectivity index (χ4n) is 1.27. The Balaban J connectivity index is 1.92. The van der Waals surface area contributed by atoms with Crippen molar-refractivity contribution >= 4 is 43.2 Å². The van der Waals surface area contributed by atoms with E-state index in [2.05, 4.69) is 49.1 Å². The highest BCUT2D eigenvalue weighted by molar-refractivity contribution is 9.13. The van der Waals surface area contributed by atoms with Gasteiger partial charge in [-0.2, -0.15) is 0 Å². The Morgan fingerprint density at radius 2 is 2.38 bits per heavy atom. The summed E-state index contributed by atoms with van der Waals surface area (Å²) in [6, 6.07) is 2.19. The fraction of sp³-hybridized carbons (Fsp3) is 0.300. The molecule has 0 bridgehead atoms. The van der Waals surface area contributed by atoms with Gasteiger partial charge in [0.25, 0.3) is 0 Å². The molecule has 3 nitrogen and oxygen atoms in total. The minimum absolute atomic E-state index is 0.239. The first kappa shape index (κ1) is 12.3. The molecular weight excluding hydrogens is 356 g/mol. The van der Waals surface area contributed by atoms with Crippen molar-refractivity contribution in [2.45, 2.75) is 19.5 Å². The van der Waals surface area contributed by atoms with Gasteiger partial charge in [-0.3, -0.25) is 0 Å². The number of hydrogen-bond donors (Lipinski definition) is 1. The molecule has 2 aromatic heterocycles. The molecule has 2 rings (SSSR count). The van der Waals surface area contributed by atoms with Crippen LogP contribution in [0.4, 0.5) is 0 Å². The lowest BCUT2D eigenvalue weighted by Gasteiger charge is -2.08. The van der Waals surface area contributed by atoms with Gasteiger partial charge in [0, 0.05) is 11.6 Å². The largest absolute Gasteiger partial charge is 0.452 e. The van der Waals surface area contributed by atoms with Crippen molar-refractivity contribution in [3.8, 4) is 0 Å². The zero-order chi connectivity index (χ0) is 11.5. The summed E-state index contributed by atoms with van der Waals surface area (Å²) in [5.74, 6) is 0.891. The van der Waals surface area contributed by atoms with Crippen LogP contribution < -0.4 is 5.32 Å². The fourth-order valence-corrected chi connectivity index (χ4v) is 2.60. The third-order valence-electron chi connectivity index (χ3n) is 2.10. The number of hydrogen-bond acceptors (Lipinski definition) is 4. The van der Waals surface area contributed by atoms with Gasteiger partial charge in [0.15, 0.2) is 4.67 Å². The van der Waals surface area contributed by atoms with Crippen molar-refractivity contribution in [2.24, 2.45) is 0 Å². The van der Waals surface area contributed by atoms with Gasteiger partial charge in [-0.05, 0) is 44.8 Å². The average Bonchev–Trinajstić information content (AvgIpc) is 2.86. The first-order valence-corrected chi connectivity index (χ1v) is 7.20. The normalized spacial score (nSPS) is 12.9. The Kier molecular flexibility index (Phi) is 4.18. The second kappa shape index (κ2) is 5.44. The van der Waals surface area contributed by atoms with E-state index in [1.165, 1.54) is 0 Å². The predicted octanol–water partition coefficient (Wildman–Crippen LogP) is 4.11. The molecule has 0 aliphatic carbocycles. The van der Waals surface area contributed by atoms with Crippen molar-refractivity contribution < 1.29 is 4.42 Å². The highest BCUT2D eigenvalue weighted by atomic mass is 79.9. The summed E-state index contributed by atoms with van der Waals surface area (Å²) < 4.78 is 7.14. The molecule has 0 aromatic carbocycles. The maximum Gasteiger partial charge on any atom is 0.183 e. The summed E-state index contributed by atoms with van der Waals surface area (Å²) in [7, 11) is 0. The van der Waals surface area contributed by atoms with E-state index in [0.717, 1.165) is 19.9 Å². The van der Waals surface area contributed by atoms with E-state index in [4.69, 9.17) is 4.42 Å². The van der Waals surface area contributed by atoms with Gasteiger partial charge in [-0.25, -0.2) is 4.98 Å². The summed E-state index contributed by atoms with van der Waals surface area (Å²) in [5, 5.41) is 6.42. The van der Waals surface area contributed by atoms with Crippen molar-refractivity contribution in [1.29, 1.82) is 0 Å². The smallest absolute Gasteiger partial charge is 0.183 e. The summed E-state index contributed by atoms with van der Waals surface area (Å²) in [4.78, 5) is 4.26. The van der Waals surface area contributed by atoms with Crippen LogP contribution in [0.3, 0.4) is 0 Å². The number of rotatable bonds is 4. The molecule has 2 heterocycles. The number of halogens is 2. The second-order valence-electron chi connectivity index (χ2n) is 3.31. The first-order valence-electron chi connectivity index (χ1n) is 4.73. The Morgan fingerprint density at radius 3 is 2.94 bits per heavy atom. The Hall–Kier alpha value is -0.170. The van der Waals surface area contributed by atoms with Crippen LogP contribution in [0.2, 0.25) is 0 Å². The lowest BCUT2D eigenvalue weighted by atomic mass is 10.3. The average molecular weight is 366 g/mol. The zero-order valence-electron chi connectivity index (χ0n) is 8.54. The molecular formula is C10H10Br2N2OS. The maximum atomic E-state index is 5.47. The molecule has 0 spiro atoms. The van der Waals surface area contributed by atoms with E-state index >= 15 is 0 Å². The Morgan fingerprint density at radius 1 is 1.56 bits per heavy atom. The van der Waals surface area contributed by atoms with Gasteiger partial charge in [0.2, 0.25) is 0 Å². The van der Waals surface area contributed by atoms with Crippen LogP contribution in [-0.2, 0) is 6.54 Å². The van der Waals surface area contributed by atoms with Crippen LogP contribution in [0, 0.1) is 0 Å². The first-order chi connectivity index (χ1) is 7.66. The molecule has 0 amide bonds. The Labute approximate surface area is 115 Å². The lowest BCUT2D eigenvalue weighted by molar-refractivity contribution is 0.446. The topological polar surface area (TPSA) is 38.1 Å². The van der Waals surface area contributed by atoms with E-state index in [1.54, 1.807) is 11.3 Å². The van der Waals surface area contributed by atoms with Gasteiger partial charge in [-0.15, -0.1) is 11.3 Å². The molecule has 16 heavy (non-hydrogen) atoms. The second-order valence-corrected chi connectivity index (χ2v) is 5.81. The van der Waals surface area contributed by atoms with E-state index in [0.29, 0.717) is 6.54 Å². The van der Waals surface area contributed by atoms with Crippen LogP contribution in [0.25, 0.3) is 0 Å². The number of aromatic nitrogens is 1. The van der Waals surface area contributed by atoms with Gasteiger partial charge in [-0.1, -0.05) is 0 Å². The van der Waals surface area contributed by atoms with Crippen LogP contribution in [0.1, 0.15) is 23.7 Å². The highest BCUT2D eigenvalue weighted by Crippen LogP contribution is 2.27. The van der Waals surface area contributed by atoms with E-state index in [1.807, 2.05) is 17.6 Å². The van der Waals surface area contributed by atoms with Crippen LogP contribution in [0.15, 0.2) is 31.2 Å². The lowest BCUT2D eigenvalue weighted by Crippen LogP contribution is -2.17. The Bertz CT molecular complexity index is 436. The molecule has 86 valence electrons. The van der Waals surface area contributed by atoms with Crippen LogP contribution >= 0.6 is 43.2 Å². The van der Waals surface area contributed by atoms with Crippen molar-refractivity contribution in [1.82, 2.24) is 10.3 Å². The number of nitrogens with one attached hydrogen (secondary N) is 1. The predicted molar refractivity (Wildman–Crippen MR) is 71.5 cm³/mol. The van der Waals surface area contributed by atoms with Gasteiger partial charge in [0.05, 0.1) is 17.1 Å². The summed E-state index contributed by atoms with van der Waals surface area (Å²) in [6.07, 6.45) is 1.82. The monoisotopic (exact) mass is 364 g/mol. The SMILES string of the molecule is CC(NCc1cc(Br)c(Br)o1)c1nccs1. The minimum atomic E-state index is 0.239. The molecule has 1 atom stereocenters. The van der Waals surface area contributed by atoms with Gasteiger partial charge in [0.1, 0.15) is 10.8 Å². The number of thiazole rings is 1. The highest BCUT2D eigenvalue weighted by Gasteiger charge is 2.10. The minimum Gasteiger partial charge on any atom is -0.452 e. The van der Waals surface area contributed by atoms with Crippen LogP contribution in [0.5, 0.6) is 0 Å². The number of furan rings is 1. The van der Waals surface area contributed by atoms with E-state index in [-0.39, 0.29) is 6.04 Å². The summed E-state index contributed by atoms with van der Waals surface area (Å²) >= 11 is 8.35. The van der Waals surface area contributed by atoms with Crippen molar-refractivity contribution in [3.63, 3.8) is 0 Å². The molecule has 0 radical (unpaired) electrons. The third kappa shape index (κ3) is 2.94. The quantitative estimate of drug-likeness (QED) is 0.885. The summed E-state index contributed by atoms with van der Waals surface area (Å²) in [5.41, 5.74) is 0. The molecule has 0 aliphatic heterocycles. The van der Waals surface area contributed by atoms with E-state index in [9.17, 15) is 0 Å². The standard InChI is InChI=1S/C10H10Br2N2OS/c1-6(10-13-2-3-16-10)14-5-7-4-8(11)9(12)15-7/h2-4,6,14H,5H2,1H3. The van der Waals surface area contributed by atoms with Crippen LogP contribution in [-0.4, -0.2) is 4.98 Å². The molecule has 1 unspecified atom stereocenters. The molecule has 1 N–H and O–H groups in total. The zero-order valence-corrected chi connectivity index (χ0v) is 12.5. The molecule has 0 saturated carbocycles. The summed E-state index contributed by atoms with van der Waals surface area (Å²) in [6.45, 7) is 2.77. The third-order valence-corrected chi connectivity index (χ3v) is 4.77. The van der Waals surface area contributed by atoms with Gasteiger partial charge < -0.3 is 9.73 Å². The van der Waals surface area contributed by atoms with Gasteiger partial charge >= 0.3 is 0 Å². The van der Waals surface area contributed by atoms with E-state index < -0.39 is 0 Å².